The van der Waals surface area contributed by atoms with Crippen LogP contribution in [0.4, 0.5) is 28.0 Å². The van der Waals surface area contributed by atoms with Crippen LogP contribution in [0, 0.1) is 12.7 Å². The van der Waals surface area contributed by atoms with Gasteiger partial charge in [0.05, 0.1) is 11.3 Å². The lowest BCUT2D eigenvalue weighted by Crippen LogP contribution is -2.51. The summed E-state index contributed by atoms with van der Waals surface area (Å²) in [6, 6.07) is 21.3. The number of nitrogens with one attached hydrogen (secondary N) is 2. The molecule has 196 valence electrons. The van der Waals surface area contributed by atoms with Gasteiger partial charge in [0.2, 0.25) is 0 Å². The zero-order chi connectivity index (χ0) is 27.3. The van der Waals surface area contributed by atoms with Crippen molar-refractivity contribution in [3.05, 3.63) is 130 Å². The lowest BCUT2D eigenvalue weighted by atomic mass is 9.77. The quantitative estimate of drug-likeness (QED) is 0.124. The van der Waals surface area contributed by atoms with Gasteiger partial charge in [-0.05, 0) is 59.5 Å². The number of benzene rings is 3. The molecule has 0 spiro atoms. The average molecular weight is 633 g/mol. The summed E-state index contributed by atoms with van der Waals surface area (Å²) in [5.41, 5.74) is 0.194. The van der Waals surface area contributed by atoms with Gasteiger partial charge in [0, 0.05) is 22.7 Å². The molecule has 4 aromatic rings. The summed E-state index contributed by atoms with van der Waals surface area (Å²) in [5.74, 6) is -0.539. The number of pyridine rings is 1. The van der Waals surface area contributed by atoms with Gasteiger partial charge in [-0.3, -0.25) is 4.98 Å². The Labute approximate surface area is 231 Å². The summed E-state index contributed by atoms with van der Waals surface area (Å²) in [5, 5.41) is 5.54. The number of anilines is 1. The summed E-state index contributed by atoms with van der Waals surface area (Å²) < 4.78 is 56.4. The molecule has 0 fully saturated rings. The van der Waals surface area contributed by atoms with Crippen molar-refractivity contribution in [2.75, 3.05) is 5.32 Å². The summed E-state index contributed by atoms with van der Waals surface area (Å²) in [6.45, 7) is 1.39. The van der Waals surface area contributed by atoms with Crippen LogP contribution >= 0.6 is 22.6 Å². The fraction of sp³-hybridized carbons (Fsp3) is 0.172. The number of carbonyl (C=O) groups excluding carboxylic acids is 1. The summed E-state index contributed by atoms with van der Waals surface area (Å²) in [4.78, 5) is 18.0. The molecule has 4 rings (SSSR count). The molecule has 38 heavy (non-hydrogen) atoms. The number of alkyl halides is 4. The van der Waals surface area contributed by atoms with Crippen LogP contribution in [0.2, 0.25) is 0 Å². The summed E-state index contributed by atoms with van der Waals surface area (Å²) >= 11 is 2.19. The van der Waals surface area contributed by atoms with Crippen molar-refractivity contribution in [2.45, 2.75) is 29.5 Å². The van der Waals surface area contributed by atoms with E-state index >= 15 is 0 Å². The Morgan fingerprint density at radius 2 is 1.61 bits per heavy atom. The van der Waals surface area contributed by atoms with Gasteiger partial charge >= 0.3 is 12.2 Å². The molecule has 1 atom stereocenters. The molecule has 0 aliphatic carbocycles. The Balaban J connectivity index is 1.92. The molecule has 0 unspecified atom stereocenters. The smallest absolute Gasteiger partial charge is 0.322 e. The molecule has 9 heteroatoms. The van der Waals surface area contributed by atoms with Gasteiger partial charge in [0.15, 0.2) is 0 Å². The van der Waals surface area contributed by atoms with Crippen molar-refractivity contribution in [1.82, 2.24) is 10.3 Å². The Morgan fingerprint density at radius 1 is 0.895 bits per heavy atom. The van der Waals surface area contributed by atoms with Crippen LogP contribution in [0.1, 0.15) is 33.5 Å². The van der Waals surface area contributed by atoms with Crippen molar-refractivity contribution < 1.29 is 22.4 Å². The second kappa shape index (κ2) is 11.5. The normalized spacial score (nSPS) is 13.0. The number of halogens is 5. The highest BCUT2D eigenvalue weighted by Crippen LogP contribution is 2.40. The first-order chi connectivity index (χ1) is 18.1. The van der Waals surface area contributed by atoms with E-state index in [4.69, 9.17) is 0 Å². The Morgan fingerprint density at radius 3 is 2.24 bits per heavy atom. The minimum Gasteiger partial charge on any atom is -0.322 e. The van der Waals surface area contributed by atoms with Crippen LogP contribution in [0.3, 0.4) is 0 Å². The first-order valence-corrected chi connectivity index (χ1v) is 13.2. The Hall–Kier alpha value is -3.47. The van der Waals surface area contributed by atoms with Crippen LogP contribution in [-0.4, -0.2) is 11.0 Å². The summed E-state index contributed by atoms with van der Waals surface area (Å²) in [7, 11) is 0. The van der Waals surface area contributed by atoms with Crippen LogP contribution < -0.4 is 10.6 Å². The second-order valence-corrected chi connectivity index (χ2v) is 9.58. The second-order valence-electron chi connectivity index (χ2n) is 8.82. The molecule has 0 saturated heterocycles. The van der Waals surface area contributed by atoms with E-state index in [1.54, 1.807) is 18.3 Å². The van der Waals surface area contributed by atoms with Crippen molar-refractivity contribution in [2.24, 2.45) is 0 Å². The third-order valence-electron chi connectivity index (χ3n) is 6.24. The molecule has 2 N–H and O–H groups in total. The number of urea groups is 1. The first kappa shape index (κ1) is 27.6. The fourth-order valence-corrected chi connectivity index (χ4v) is 4.94. The Bertz CT molecular complexity index is 1410. The van der Waals surface area contributed by atoms with E-state index in [1.165, 1.54) is 31.2 Å². The molecule has 0 aliphatic heterocycles. The van der Waals surface area contributed by atoms with Crippen LogP contribution in [-0.2, 0) is 22.6 Å². The van der Waals surface area contributed by atoms with Crippen LogP contribution in [0.25, 0.3) is 0 Å². The maximum absolute atomic E-state index is 14.0. The van der Waals surface area contributed by atoms with Gasteiger partial charge in [-0.15, -0.1) is 0 Å². The maximum atomic E-state index is 14.0. The molecule has 0 bridgehead atoms. The highest BCUT2D eigenvalue weighted by atomic mass is 127. The lowest BCUT2D eigenvalue weighted by Gasteiger charge is -2.37. The van der Waals surface area contributed by atoms with Crippen LogP contribution in [0.15, 0.2) is 91.1 Å². The predicted molar refractivity (Wildman–Crippen MR) is 148 cm³/mol. The largest absolute Gasteiger partial charge is 0.416 e. The Kier molecular flexibility index (Phi) is 8.35. The molecule has 3 aromatic carbocycles. The molecule has 1 aromatic heterocycles. The standard InChI is InChI=1S/C29H24F4IN3O/c1-19-24(11-6-12-25(19)29(31,32)33)28(16-20-7-3-2-4-8-20,26-14-13-21(17-34)18-35-26)37-27(38)36-23-10-5-9-22(30)15-23/h2-15,18H,16-17H2,1H3,(H2,36,37,38)/t28-/m0/s1. The topological polar surface area (TPSA) is 54.0 Å². The molecule has 0 radical (unpaired) electrons. The number of nitrogens with zero attached hydrogens (tertiary/aromatic N) is 1. The van der Waals surface area contributed by atoms with Crippen molar-refractivity contribution in [3.8, 4) is 0 Å². The minimum absolute atomic E-state index is 0.0262. The van der Waals surface area contributed by atoms with E-state index in [0.29, 0.717) is 10.1 Å². The van der Waals surface area contributed by atoms with Gasteiger partial charge in [-0.1, -0.05) is 77.2 Å². The van der Waals surface area contributed by atoms with Crippen molar-refractivity contribution in [1.29, 1.82) is 0 Å². The number of aromatic nitrogens is 1. The van der Waals surface area contributed by atoms with Crippen LogP contribution in [0.5, 0.6) is 0 Å². The average Bonchev–Trinajstić information content (AvgIpc) is 2.88. The molecular formula is C29H24F4IN3O. The zero-order valence-corrected chi connectivity index (χ0v) is 22.5. The van der Waals surface area contributed by atoms with E-state index in [9.17, 15) is 22.4 Å². The number of rotatable bonds is 7. The van der Waals surface area contributed by atoms with E-state index in [0.717, 1.165) is 23.3 Å². The first-order valence-electron chi connectivity index (χ1n) is 11.7. The third-order valence-corrected chi connectivity index (χ3v) is 7.12. The van der Waals surface area contributed by atoms with E-state index in [1.807, 2.05) is 36.4 Å². The van der Waals surface area contributed by atoms with E-state index in [2.05, 4.69) is 38.2 Å². The summed E-state index contributed by atoms with van der Waals surface area (Å²) in [6.07, 6.45) is -2.83. The molecule has 2 amide bonds. The predicted octanol–water partition coefficient (Wildman–Crippen LogP) is 7.79. The highest BCUT2D eigenvalue weighted by molar-refractivity contribution is 14.1. The number of hydrogen-bond donors (Lipinski definition) is 2. The monoisotopic (exact) mass is 633 g/mol. The lowest BCUT2D eigenvalue weighted by molar-refractivity contribution is -0.138. The van der Waals surface area contributed by atoms with E-state index < -0.39 is 29.1 Å². The minimum atomic E-state index is -4.60. The SMILES string of the molecule is Cc1c(C(F)(F)F)cccc1[C@](Cc1ccccc1)(NC(=O)Nc1cccc(F)c1)c1ccc(CI)cn1. The molecular weight excluding hydrogens is 609 g/mol. The third kappa shape index (κ3) is 6.15. The van der Waals surface area contributed by atoms with E-state index in [-0.39, 0.29) is 23.2 Å². The van der Waals surface area contributed by atoms with Gasteiger partial charge in [0.1, 0.15) is 11.4 Å². The molecule has 0 saturated carbocycles. The number of amides is 2. The molecule has 4 nitrogen and oxygen atoms in total. The molecule has 0 aliphatic rings. The van der Waals surface area contributed by atoms with Gasteiger partial charge in [0.25, 0.3) is 0 Å². The van der Waals surface area contributed by atoms with Gasteiger partial charge in [-0.2, -0.15) is 13.2 Å². The number of carbonyl (C=O) groups is 1. The fourth-order valence-electron chi connectivity index (χ4n) is 4.48. The zero-order valence-electron chi connectivity index (χ0n) is 20.3. The molecule has 1 heterocycles. The number of hydrogen-bond acceptors (Lipinski definition) is 2. The van der Waals surface area contributed by atoms with Crippen molar-refractivity contribution in [3.63, 3.8) is 0 Å². The van der Waals surface area contributed by atoms with Gasteiger partial charge in [-0.25, -0.2) is 9.18 Å². The highest BCUT2D eigenvalue weighted by Gasteiger charge is 2.42. The maximum Gasteiger partial charge on any atom is 0.416 e. The van der Waals surface area contributed by atoms with Crippen molar-refractivity contribution >= 4 is 34.3 Å². The van der Waals surface area contributed by atoms with Gasteiger partial charge < -0.3 is 10.6 Å².